The Labute approximate surface area is 112 Å². The molecule has 1 aromatic carbocycles. The summed E-state index contributed by atoms with van der Waals surface area (Å²) < 4.78 is 6.07. The summed E-state index contributed by atoms with van der Waals surface area (Å²) in [4.78, 5) is 8.03. The lowest BCUT2D eigenvalue weighted by Crippen LogP contribution is -1.96. The molecule has 6 heteroatoms. The molecule has 0 fully saturated rings. The molecule has 1 aromatic heterocycles. The van der Waals surface area contributed by atoms with Crippen molar-refractivity contribution in [3.8, 4) is 5.75 Å². The van der Waals surface area contributed by atoms with E-state index in [0.717, 1.165) is 15.9 Å². The van der Waals surface area contributed by atoms with Crippen LogP contribution in [0.3, 0.4) is 0 Å². The summed E-state index contributed by atoms with van der Waals surface area (Å²) >= 11 is 9.31. The minimum atomic E-state index is 0.325. The second kappa shape index (κ2) is 5.33. The highest BCUT2D eigenvalue weighted by molar-refractivity contribution is 9.10. The van der Waals surface area contributed by atoms with E-state index in [4.69, 9.17) is 16.3 Å². The minimum absolute atomic E-state index is 0.325. The molecule has 0 bridgehead atoms. The van der Waals surface area contributed by atoms with E-state index in [9.17, 15) is 0 Å². The van der Waals surface area contributed by atoms with Crippen molar-refractivity contribution in [2.45, 2.75) is 0 Å². The standard InChI is InChI=1S/C11H9BrClN3O/c1-17-9-5-7(12)4-8(6-9)16-11-10(13)14-2-3-15-11/h2-6H,1H3,(H,15,16). The van der Waals surface area contributed by atoms with Crippen LogP contribution in [0.25, 0.3) is 0 Å². The van der Waals surface area contributed by atoms with Crippen molar-refractivity contribution in [2.75, 3.05) is 12.4 Å². The van der Waals surface area contributed by atoms with E-state index >= 15 is 0 Å². The van der Waals surface area contributed by atoms with Gasteiger partial charge in [-0.3, -0.25) is 0 Å². The number of halogens is 2. The molecule has 4 nitrogen and oxygen atoms in total. The first-order chi connectivity index (χ1) is 8.19. The first-order valence-electron chi connectivity index (χ1n) is 4.77. The quantitative estimate of drug-likeness (QED) is 0.939. The maximum Gasteiger partial charge on any atom is 0.171 e. The first kappa shape index (κ1) is 12.1. The average molecular weight is 315 g/mol. The summed E-state index contributed by atoms with van der Waals surface area (Å²) in [6, 6.07) is 5.60. The van der Waals surface area contributed by atoms with Gasteiger partial charge in [-0.1, -0.05) is 27.5 Å². The molecule has 88 valence electrons. The summed E-state index contributed by atoms with van der Waals surface area (Å²) in [7, 11) is 1.61. The highest BCUT2D eigenvalue weighted by Gasteiger charge is 2.04. The minimum Gasteiger partial charge on any atom is -0.497 e. The molecule has 2 aromatic rings. The Hall–Kier alpha value is -1.33. The van der Waals surface area contributed by atoms with Gasteiger partial charge in [-0.15, -0.1) is 0 Å². The van der Waals surface area contributed by atoms with E-state index in [-0.39, 0.29) is 0 Å². The van der Waals surface area contributed by atoms with Gasteiger partial charge >= 0.3 is 0 Å². The zero-order chi connectivity index (χ0) is 12.3. The van der Waals surface area contributed by atoms with Crippen LogP contribution in [0.15, 0.2) is 35.1 Å². The molecule has 0 unspecified atom stereocenters. The van der Waals surface area contributed by atoms with Gasteiger partial charge in [0.1, 0.15) is 5.75 Å². The van der Waals surface area contributed by atoms with E-state index < -0.39 is 0 Å². The number of nitrogens with zero attached hydrogens (tertiary/aromatic N) is 2. The SMILES string of the molecule is COc1cc(Br)cc(Nc2nccnc2Cl)c1. The van der Waals surface area contributed by atoms with E-state index in [2.05, 4.69) is 31.2 Å². The van der Waals surface area contributed by atoms with E-state index in [1.165, 1.54) is 6.20 Å². The van der Waals surface area contributed by atoms with Gasteiger partial charge in [-0.05, 0) is 12.1 Å². The predicted octanol–water partition coefficient (Wildman–Crippen LogP) is 3.64. The maximum absolute atomic E-state index is 5.91. The third kappa shape index (κ3) is 3.08. The van der Waals surface area contributed by atoms with E-state index in [1.54, 1.807) is 13.3 Å². The molecule has 0 aliphatic heterocycles. The van der Waals surface area contributed by atoms with Crippen molar-refractivity contribution in [2.24, 2.45) is 0 Å². The summed E-state index contributed by atoms with van der Waals surface area (Å²) in [5.74, 6) is 1.25. The summed E-state index contributed by atoms with van der Waals surface area (Å²) in [6.07, 6.45) is 3.11. The van der Waals surface area contributed by atoms with Gasteiger partial charge in [-0.2, -0.15) is 0 Å². The van der Waals surface area contributed by atoms with E-state index in [0.29, 0.717) is 11.0 Å². The van der Waals surface area contributed by atoms with Gasteiger partial charge < -0.3 is 10.1 Å². The highest BCUT2D eigenvalue weighted by Crippen LogP contribution is 2.27. The molecule has 0 spiro atoms. The van der Waals surface area contributed by atoms with E-state index in [1.807, 2.05) is 18.2 Å². The van der Waals surface area contributed by atoms with Crippen molar-refractivity contribution in [1.82, 2.24) is 9.97 Å². The van der Waals surface area contributed by atoms with Crippen LogP contribution in [0.1, 0.15) is 0 Å². The Balaban J connectivity index is 2.30. The Bertz CT molecular complexity index is 536. The molecule has 0 radical (unpaired) electrons. The fourth-order valence-electron chi connectivity index (χ4n) is 1.29. The summed E-state index contributed by atoms with van der Waals surface area (Å²) in [6.45, 7) is 0. The molecule has 17 heavy (non-hydrogen) atoms. The van der Waals surface area contributed by atoms with Gasteiger partial charge in [0.2, 0.25) is 0 Å². The van der Waals surface area contributed by atoms with Crippen molar-refractivity contribution in [3.05, 3.63) is 40.2 Å². The van der Waals surface area contributed by atoms with Crippen molar-refractivity contribution in [3.63, 3.8) is 0 Å². The van der Waals surface area contributed by atoms with Gasteiger partial charge in [0.15, 0.2) is 11.0 Å². The molecule has 0 saturated heterocycles. The Kier molecular flexibility index (Phi) is 3.81. The Morgan fingerprint density at radius 2 is 2.00 bits per heavy atom. The number of methoxy groups -OCH3 is 1. The lowest BCUT2D eigenvalue weighted by Gasteiger charge is -2.08. The molecule has 0 saturated carbocycles. The average Bonchev–Trinajstić information content (AvgIpc) is 2.31. The third-order valence-electron chi connectivity index (χ3n) is 2.02. The first-order valence-corrected chi connectivity index (χ1v) is 5.94. The highest BCUT2D eigenvalue weighted by atomic mass is 79.9. The van der Waals surface area contributed by atoms with Gasteiger partial charge in [0.05, 0.1) is 7.11 Å². The lowest BCUT2D eigenvalue weighted by molar-refractivity contribution is 0.415. The third-order valence-corrected chi connectivity index (χ3v) is 2.76. The molecule has 2 rings (SSSR count). The second-order valence-corrected chi connectivity index (χ2v) is 4.47. The molecular formula is C11H9BrClN3O. The number of nitrogens with one attached hydrogen (secondary N) is 1. The van der Waals surface area contributed by atoms with Crippen LogP contribution in [0, 0.1) is 0 Å². The number of ether oxygens (including phenoxy) is 1. The molecule has 0 amide bonds. The van der Waals surface area contributed by atoms with Crippen LogP contribution in [0.4, 0.5) is 11.5 Å². The van der Waals surface area contributed by atoms with Crippen LogP contribution in [0.2, 0.25) is 5.15 Å². The van der Waals surface area contributed by atoms with Gasteiger partial charge in [-0.25, -0.2) is 9.97 Å². The monoisotopic (exact) mass is 313 g/mol. The van der Waals surface area contributed by atoms with Crippen LogP contribution < -0.4 is 10.1 Å². The normalized spacial score (nSPS) is 10.1. The van der Waals surface area contributed by atoms with Crippen molar-refractivity contribution in [1.29, 1.82) is 0 Å². The fraction of sp³-hybridized carbons (Fsp3) is 0.0909. The molecule has 0 aliphatic rings. The van der Waals surface area contributed by atoms with Crippen LogP contribution >= 0.6 is 27.5 Å². The largest absolute Gasteiger partial charge is 0.497 e. The Morgan fingerprint density at radius 3 is 2.71 bits per heavy atom. The van der Waals surface area contributed by atoms with Crippen molar-refractivity contribution < 1.29 is 4.74 Å². The van der Waals surface area contributed by atoms with Crippen LogP contribution in [-0.4, -0.2) is 17.1 Å². The zero-order valence-electron chi connectivity index (χ0n) is 8.95. The molecule has 0 aliphatic carbocycles. The number of benzene rings is 1. The number of aromatic nitrogens is 2. The number of hydrogen-bond donors (Lipinski definition) is 1. The maximum atomic E-state index is 5.91. The fourth-order valence-corrected chi connectivity index (χ4v) is 1.92. The smallest absolute Gasteiger partial charge is 0.171 e. The lowest BCUT2D eigenvalue weighted by atomic mass is 10.3. The van der Waals surface area contributed by atoms with Crippen LogP contribution in [-0.2, 0) is 0 Å². The number of anilines is 2. The Morgan fingerprint density at radius 1 is 1.24 bits per heavy atom. The topological polar surface area (TPSA) is 47.0 Å². The molecule has 1 heterocycles. The van der Waals surface area contributed by atoms with Gasteiger partial charge in [0.25, 0.3) is 0 Å². The van der Waals surface area contributed by atoms with Gasteiger partial charge in [0, 0.05) is 28.6 Å². The second-order valence-electron chi connectivity index (χ2n) is 3.20. The summed E-state index contributed by atoms with van der Waals surface area (Å²) in [5, 5.41) is 3.40. The number of rotatable bonds is 3. The summed E-state index contributed by atoms with van der Waals surface area (Å²) in [5.41, 5.74) is 0.818. The molecular weight excluding hydrogens is 305 g/mol. The molecule has 1 N–H and O–H groups in total. The van der Waals surface area contributed by atoms with Crippen LogP contribution in [0.5, 0.6) is 5.75 Å². The predicted molar refractivity (Wildman–Crippen MR) is 71.0 cm³/mol. The van der Waals surface area contributed by atoms with Crippen molar-refractivity contribution >= 4 is 39.0 Å². The molecule has 0 atom stereocenters. The zero-order valence-corrected chi connectivity index (χ0v) is 11.3. The number of hydrogen-bond acceptors (Lipinski definition) is 4.